The number of ether oxygens (including phenoxy) is 3. The second-order valence-electron chi connectivity index (χ2n) is 6.30. The van der Waals surface area contributed by atoms with Crippen LogP contribution in [-0.4, -0.2) is 65.2 Å². The molecule has 0 amide bonds. The topological polar surface area (TPSA) is 102 Å². The molecule has 1 aromatic rings. The number of carbonyl (C=O) groups is 2. The molecule has 30 heavy (non-hydrogen) atoms. The van der Waals surface area contributed by atoms with Gasteiger partial charge in [0.15, 0.2) is 0 Å². The summed E-state index contributed by atoms with van der Waals surface area (Å²) in [5.74, 6) is -1.57. The van der Waals surface area contributed by atoms with Crippen molar-refractivity contribution < 1.29 is 32.2 Å². The first-order valence-corrected chi connectivity index (χ1v) is 10.6. The van der Waals surface area contributed by atoms with Crippen molar-refractivity contribution in [1.29, 1.82) is 0 Å². The minimum atomic E-state index is -3.89. The van der Waals surface area contributed by atoms with Gasteiger partial charge >= 0.3 is 11.9 Å². The van der Waals surface area contributed by atoms with Crippen molar-refractivity contribution in [2.24, 2.45) is 0 Å². The highest BCUT2D eigenvalue weighted by atomic mass is 32.2. The maximum absolute atomic E-state index is 13.3. The number of para-hydroxylation sites is 1. The highest BCUT2D eigenvalue weighted by Crippen LogP contribution is 2.33. The van der Waals surface area contributed by atoms with Crippen LogP contribution in [0.15, 0.2) is 64.9 Å². The van der Waals surface area contributed by atoms with Crippen molar-refractivity contribution in [3.05, 3.63) is 60.0 Å². The van der Waals surface area contributed by atoms with E-state index in [1.54, 1.807) is 30.4 Å². The molecule has 2 aliphatic heterocycles. The number of morpholine rings is 1. The minimum Gasteiger partial charge on any atom is -0.465 e. The van der Waals surface area contributed by atoms with Gasteiger partial charge in [-0.05, 0) is 24.3 Å². The Balaban J connectivity index is 2.19. The van der Waals surface area contributed by atoms with Gasteiger partial charge in [0.05, 0.1) is 38.7 Å². The Morgan fingerprint density at radius 3 is 2.33 bits per heavy atom. The van der Waals surface area contributed by atoms with Gasteiger partial charge in [-0.15, -0.1) is 0 Å². The first kappa shape index (κ1) is 21.8. The van der Waals surface area contributed by atoms with Crippen LogP contribution in [0.1, 0.15) is 0 Å². The van der Waals surface area contributed by atoms with Crippen LogP contribution < -0.4 is 4.90 Å². The molecular formula is C20H22N2O7S. The molecule has 1 saturated heterocycles. The number of sulfonamides is 1. The van der Waals surface area contributed by atoms with E-state index in [2.05, 4.69) is 0 Å². The number of rotatable bonds is 5. The van der Waals surface area contributed by atoms with E-state index in [1.807, 2.05) is 0 Å². The third-order valence-corrected chi connectivity index (χ3v) is 6.55. The van der Waals surface area contributed by atoms with E-state index in [-0.39, 0.29) is 34.9 Å². The highest BCUT2D eigenvalue weighted by molar-refractivity contribution is 7.89. The monoisotopic (exact) mass is 434 g/mol. The van der Waals surface area contributed by atoms with Crippen molar-refractivity contribution in [3.63, 3.8) is 0 Å². The van der Waals surface area contributed by atoms with Crippen LogP contribution in [0, 0.1) is 0 Å². The van der Waals surface area contributed by atoms with E-state index in [4.69, 9.17) is 14.2 Å². The molecule has 10 heteroatoms. The Labute approximate surface area is 174 Å². The summed E-state index contributed by atoms with van der Waals surface area (Å²) in [5.41, 5.74) is -0.0161. The maximum atomic E-state index is 13.3. The standard InChI is InChI=1S/C20H22N2O7S/c1-27-19(23)15-7-5-6-10-22(18(15)20(24)28-2)16-8-3-4-9-17(16)30(25,26)21-11-13-29-14-12-21/h3-10H,11-14H2,1-2H3. The summed E-state index contributed by atoms with van der Waals surface area (Å²) in [4.78, 5) is 26.3. The van der Waals surface area contributed by atoms with Gasteiger partial charge in [0, 0.05) is 19.3 Å². The predicted molar refractivity (Wildman–Crippen MR) is 108 cm³/mol. The number of hydrogen-bond acceptors (Lipinski definition) is 8. The molecule has 0 atom stereocenters. The number of methoxy groups -OCH3 is 2. The molecule has 0 aromatic heterocycles. The average Bonchev–Trinajstić information content (AvgIpc) is 3.01. The van der Waals surface area contributed by atoms with E-state index < -0.39 is 22.0 Å². The van der Waals surface area contributed by atoms with Crippen LogP contribution in [0.5, 0.6) is 0 Å². The smallest absolute Gasteiger partial charge is 0.355 e. The lowest BCUT2D eigenvalue weighted by atomic mass is 10.1. The van der Waals surface area contributed by atoms with Crippen LogP contribution in [0.4, 0.5) is 5.69 Å². The molecule has 9 nitrogen and oxygen atoms in total. The van der Waals surface area contributed by atoms with Crippen LogP contribution in [-0.2, 0) is 33.8 Å². The Kier molecular flexibility index (Phi) is 6.70. The molecule has 3 rings (SSSR count). The fourth-order valence-corrected chi connectivity index (χ4v) is 4.74. The first-order valence-electron chi connectivity index (χ1n) is 9.13. The van der Waals surface area contributed by atoms with E-state index in [1.165, 1.54) is 41.8 Å². The Hall–Kier alpha value is -2.95. The van der Waals surface area contributed by atoms with Crippen molar-refractivity contribution in [2.45, 2.75) is 4.90 Å². The van der Waals surface area contributed by atoms with Crippen LogP contribution in [0.3, 0.4) is 0 Å². The zero-order valence-corrected chi connectivity index (χ0v) is 17.4. The van der Waals surface area contributed by atoms with Gasteiger partial charge in [-0.3, -0.25) is 0 Å². The van der Waals surface area contributed by atoms with Crippen LogP contribution in [0.2, 0.25) is 0 Å². The number of esters is 2. The van der Waals surface area contributed by atoms with Gasteiger partial charge in [-0.25, -0.2) is 18.0 Å². The number of anilines is 1. The molecule has 1 fully saturated rings. The van der Waals surface area contributed by atoms with E-state index in [0.717, 1.165) is 0 Å². The molecule has 1 aromatic carbocycles. The lowest BCUT2D eigenvalue weighted by Gasteiger charge is -2.29. The zero-order valence-electron chi connectivity index (χ0n) is 16.6. The quantitative estimate of drug-likeness (QED) is 0.637. The summed E-state index contributed by atoms with van der Waals surface area (Å²) in [6.07, 6.45) is 6.03. The third-order valence-electron chi connectivity index (χ3n) is 4.60. The van der Waals surface area contributed by atoms with E-state index in [9.17, 15) is 18.0 Å². The summed E-state index contributed by atoms with van der Waals surface area (Å²) in [5, 5.41) is 0. The van der Waals surface area contributed by atoms with Crippen LogP contribution >= 0.6 is 0 Å². The highest BCUT2D eigenvalue weighted by Gasteiger charge is 2.33. The Bertz CT molecular complexity index is 1020. The molecule has 0 radical (unpaired) electrons. The van der Waals surface area contributed by atoms with Gasteiger partial charge in [0.1, 0.15) is 10.6 Å². The fraction of sp³-hybridized carbons (Fsp3) is 0.300. The SMILES string of the molecule is COC(=O)C1=C(C(=O)OC)N(c2ccccc2S(=O)(=O)N2CCOCC2)C=CC=C1. The number of allylic oxidation sites excluding steroid dienone is 2. The Morgan fingerprint density at radius 2 is 1.67 bits per heavy atom. The maximum Gasteiger partial charge on any atom is 0.355 e. The molecule has 0 saturated carbocycles. The van der Waals surface area contributed by atoms with Crippen molar-refractivity contribution >= 4 is 27.6 Å². The van der Waals surface area contributed by atoms with Gasteiger partial charge in [-0.2, -0.15) is 4.31 Å². The fourth-order valence-electron chi connectivity index (χ4n) is 3.15. The van der Waals surface area contributed by atoms with Gasteiger partial charge in [-0.1, -0.05) is 18.2 Å². The molecule has 160 valence electrons. The summed E-state index contributed by atoms with van der Waals surface area (Å²) in [7, 11) is -1.52. The second-order valence-corrected chi connectivity index (χ2v) is 8.21. The van der Waals surface area contributed by atoms with Gasteiger partial charge in [0.2, 0.25) is 10.0 Å². The molecule has 0 unspecified atom stereocenters. The molecule has 0 spiro atoms. The lowest BCUT2D eigenvalue weighted by Crippen LogP contribution is -2.41. The molecule has 0 aliphatic carbocycles. The number of nitrogens with zero attached hydrogens (tertiary/aromatic N) is 2. The average molecular weight is 434 g/mol. The molecular weight excluding hydrogens is 412 g/mol. The zero-order chi connectivity index (χ0) is 21.7. The van der Waals surface area contributed by atoms with Crippen molar-refractivity contribution in [3.8, 4) is 0 Å². The normalized spacial score (nSPS) is 17.6. The number of carbonyl (C=O) groups excluding carboxylic acids is 2. The lowest BCUT2D eigenvalue weighted by molar-refractivity contribution is -0.139. The van der Waals surface area contributed by atoms with Crippen molar-refractivity contribution in [1.82, 2.24) is 4.31 Å². The van der Waals surface area contributed by atoms with Gasteiger partial charge in [0.25, 0.3) is 0 Å². The second kappa shape index (κ2) is 9.24. The van der Waals surface area contributed by atoms with Crippen molar-refractivity contribution in [2.75, 3.05) is 45.4 Å². The summed E-state index contributed by atoms with van der Waals surface area (Å²) in [6, 6.07) is 6.26. The number of hydrogen-bond donors (Lipinski definition) is 0. The number of benzene rings is 1. The Morgan fingerprint density at radius 1 is 1.00 bits per heavy atom. The first-order chi connectivity index (χ1) is 14.4. The molecule has 2 heterocycles. The summed E-state index contributed by atoms with van der Waals surface area (Å²) in [6.45, 7) is 1.05. The third kappa shape index (κ3) is 4.16. The molecule has 0 N–H and O–H groups in total. The largest absolute Gasteiger partial charge is 0.465 e. The van der Waals surface area contributed by atoms with E-state index in [0.29, 0.717) is 13.2 Å². The molecule has 2 aliphatic rings. The minimum absolute atomic E-state index is 0.0101. The molecule has 0 bridgehead atoms. The van der Waals surface area contributed by atoms with Crippen LogP contribution in [0.25, 0.3) is 0 Å². The predicted octanol–water partition coefficient (Wildman–Crippen LogP) is 1.20. The summed E-state index contributed by atoms with van der Waals surface area (Å²) >= 11 is 0. The summed E-state index contributed by atoms with van der Waals surface area (Å²) < 4.78 is 42.9. The van der Waals surface area contributed by atoms with E-state index >= 15 is 0 Å². The van der Waals surface area contributed by atoms with Gasteiger partial charge < -0.3 is 19.1 Å².